The molecule has 0 saturated carbocycles. The summed E-state index contributed by atoms with van der Waals surface area (Å²) in [5, 5.41) is 3.03. The lowest BCUT2D eigenvalue weighted by molar-refractivity contribution is -0.117. The molecule has 1 atom stereocenters. The van der Waals surface area contributed by atoms with Gasteiger partial charge in [-0.2, -0.15) is 0 Å². The SMILES string of the molecule is CC1CCc2ccccc2N1CC(=O)Nc1ccccc1N1CCCC1=O. The van der Waals surface area contributed by atoms with Crippen LogP contribution in [0.1, 0.15) is 31.7 Å². The zero-order chi connectivity index (χ0) is 18.8. The molecule has 0 aromatic heterocycles. The molecule has 2 aromatic rings. The van der Waals surface area contributed by atoms with E-state index in [9.17, 15) is 9.59 Å². The lowest BCUT2D eigenvalue weighted by Gasteiger charge is -2.36. The first-order valence-electron chi connectivity index (χ1n) is 9.67. The fourth-order valence-corrected chi connectivity index (χ4v) is 4.06. The number of hydrogen-bond donors (Lipinski definition) is 1. The van der Waals surface area contributed by atoms with E-state index in [4.69, 9.17) is 0 Å². The van der Waals surface area contributed by atoms with Crippen molar-refractivity contribution in [2.24, 2.45) is 0 Å². The highest BCUT2D eigenvalue weighted by atomic mass is 16.2. The van der Waals surface area contributed by atoms with Crippen molar-refractivity contribution in [2.45, 2.75) is 38.6 Å². The van der Waals surface area contributed by atoms with Crippen LogP contribution >= 0.6 is 0 Å². The molecule has 2 amide bonds. The van der Waals surface area contributed by atoms with Crippen molar-refractivity contribution in [2.75, 3.05) is 28.2 Å². The number of amides is 2. The highest BCUT2D eigenvalue weighted by molar-refractivity contribution is 6.03. The third-order valence-electron chi connectivity index (χ3n) is 5.52. The molecule has 1 unspecified atom stereocenters. The largest absolute Gasteiger partial charge is 0.359 e. The number of aryl methyl sites for hydroxylation is 1. The van der Waals surface area contributed by atoms with E-state index in [1.807, 2.05) is 30.3 Å². The molecule has 0 radical (unpaired) electrons. The molecule has 27 heavy (non-hydrogen) atoms. The molecule has 140 valence electrons. The van der Waals surface area contributed by atoms with E-state index < -0.39 is 0 Å². The third kappa shape index (κ3) is 3.54. The van der Waals surface area contributed by atoms with E-state index in [0.29, 0.717) is 31.2 Å². The maximum absolute atomic E-state index is 12.8. The molecule has 2 aliphatic rings. The van der Waals surface area contributed by atoms with Crippen LogP contribution in [-0.2, 0) is 16.0 Å². The highest BCUT2D eigenvalue weighted by Crippen LogP contribution is 2.31. The Balaban J connectivity index is 1.52. The van der Waals surface area contributed by atoms with E-state index >= 15 is 0 Å². The average molecular weight is 363 g/mol. The van der Waals surface area contributed by atoms with E-state index in [-0.39, 0.29) is 11.8 Å². The Bertz CT molecular complexity index is 864. The van der Waals surface area contributed by atoms with Crippen LogP contribution in [0, 0.1) is 0 Å². The summed E-state index contributed by atoms with van der Waals surface area (Å²) in [5.41, 5.74) is 3.94. The van der Waals surface area contributed by atoms with Crippen molar-refractivity contribution >= 4 is 28.9 Å². The summed E-state index contributed by atoms with van der Waals surface area (Å²) in [7, 11) is 0. The van der Waals surface area contributed by atoms with Crippen LogP contribution in [0.5, 0.6) is 0 Å². The normalized spacial score (nSPS) is 19.1. The summed E-state index contributed by atoms with van der Waals surface area (Å²) < 4.78 is 0. The number of para-hydroxylation sites is 3. The van der Waals surface area contributed by atoms with Gasteiger partial charge >= 0.3 is 0 Å². The summed E-state index contributed by atoms with van der Waals surface area (Å²) in [5.74, 6) is 0.0629. The number of carbonyl (C=O) groups is 2. The van der Waals surface area contributed by atoms with Crippen molar-refractivity contribution in [3.05, 3.63) is 54.1 Å². The van der Waals surface area contributed by atoms with Gasteiger partial charge in [-0.25, -0.2) is 0 Å². The van der Waals surface area contributed by atoms with Gasteiger partial charge in [-0.15, -0.1) is 0 Å². The van der Waals surface area contributed by atoms with E-state index in [0.717, 1.165) is 30.6 Å². The van der Waals surface area contributed by atoms with E-state index in [1.165, 1.54) is 5.56 Å². The maximum atomic E-state index is 12.8. The summed E-state index contributed by atoms with van der Waals surface area (Å²) in [6.45, 7) is 3.18. The summed E-state index contributed by atoms with van der Waals surface area (Å²) in [4.78, 5) is 28.9. The molecule has 2 heterocycles. The molecular weight excluding hydrogens is 338 g/mol. The van der Waals surface area contributed by atoms with Gasteiger partial charge < -0.3 is 15.1 Å². The Labute approximate surface area is 160 Å². The van der Waals surface area contributed by atoms with Crippen molar-refractivity contribution in [3.63, 3.8) is 0 Å². The van der Waals surface area contributed by atoms with Crippen LogP contribution in [0.4, 0.5) is 17.1 Å². The number of hydrogen-bond acceptors (Lipinski definition) is 3. The van der Waals surface area contributed by atoms with Gasteiger partial charge in [-0.1, -0.05) is 30.3 Å². The summed E-state index contributed by atoms with van der Waals surface area (Å²) >= 11 is 0. The van der Waals surface area contributed by atoms with Gasteiger partial charge in [0.1, 0.15) is 0 Å². The number of anilines is 3. The molecule has 2 aliphatic heterocycles. The molecule has 1 N–H and O–H groups in total. The van der Waals surface area contributed by atoms with E-state index in [1.54, 1.807) is 4.90 Å². The Hall–Kier alpha value is -2.82. The molecule has 5 nitrogen and oxygen atoms in total. The molecule has 0 spiro atoms. The minimum atomic E-state index is -0.0577. The number of rotatable bonds is 4. The fourth-order valence-electron chi connectivity index (χ4n) is 4.06. The predicted octanol–water partition coefficient (Wildman–Crippen LogP) is 3.59. The number of carbonyl (C=O) groups excluding carboxylic acids is 2. The molecule has 1 fully saturated rings. The molecule has 0 aliphatic carbocycles. The maximum Gasteiger partial charge on any atom is 0.243 e. The minimum Gasteiger partial charge on any atom is -0.359 e. The van der Waals surface area contributed by atoms with Crippen LogP contribution in [0.25, 0.3) is 0 Å². The van der Waals surface area contributed by atoms with Crippen molar-refractivity contribution < 1.29 is 9.59 Å². The van der Waals surface area contributed by atoms with E-state index in [2.05, 4.69) is 35.3 Å². The second-order valence-corrected chi connectivity index (χ2v) is 7.36. The first kappa shape index (κ1) is 17.6. The Kier molecular flexibility index (Phi) is 4.84. The second kappa shape index (κ2) is 7.43. The van der Waals surface area contributed by atoms with Crippen molar-refractivity contribution in [1.29, 1.82) is 0 Å². The van der Waals surface area contributed by atoms with Gasteiger partial charge in [0.15, 0.2) is 0 Å². The fraction of sp³-hybridized carbons (Fsp3) is 0.364. The lowest BCUT2D eigenvalue weighted by atomic mass is 9.96. The van der Waals surface area contributed by atoms with Gasteiger partial charge in [0.25, 0.3) is 0 Å². The molecule has 5 heteroatoms. The van der Waals surface area contributed by atoms with Crippen LogP contribution in [0.2, 0.25) is 0 Å². The lowest BCUT2D eigenvalue weighted by Crippen LogP contribution is -2.42. The van der Waals surface area contributed by atoms with Gasteiger partial charge in [0, 0.05) is 24.7 Å². The first-order chi connectivity index (χ1) is 13.1. The molecule has 1 saturated heterocycles. The quantitative estimate of drug-likeness (QED) is 0.903. The van der Waals surface area contributed by atoms with Crippen molar-refractivity contribution in [1.82, 2.24) is 0 Å². The molecule has 4 rings (SSSR count). The third-order valence-corrected chi connectivity index (χ3v) is 5.52. The standard InChI is InChI=1S/C22H25N3O2/c1-16-12-13-17-7-2-4-9-19(17)25(16)15-21(26)23-18-8-3-5-10-20(18)24-14-6-11-22(24)27/h2-5,7-10,16H,6,11-15H2,1H3,(H,23,26). The minimum absolute atomic E-state index is 0.0577. The Morgan fingerprint density at radius 3 is 2.59 bits per heavy atom. The van der Waals surface area contributed by atoms with Crippen molar-refractivity contribution in [3.8, 4) is 0 Å². The molecular formula is C22H25N3O2. The van der Waals surface area contributed by atoms with Gasteiger partial charge in [-0.3, -0.25) is 9.59 Å². The Morgan fingerprint density at radius 1 is 1.07 bits per heavy atom. The van der Waals surface area contributed by atoms with Crippen LogP contribution in [0.3, 0.4) is 0 Å². The molecule has 0 bridgehead atoms. The smallest absolute Gasteiger partial charge is 0.243 e. The summed E-state index contributed by atoms with van der Waals surface area (Å²) in [6, 6.07) is 16.2. The van der Waals surface area contributed by atoms with Crippen LogP contribution in [0.15, 0.2) is 48.5 Å². The zero-order valence-corrected chi connectivity index (χ0v) is 15.6. The number of nitrogens with one attached hydrogen (secondary N) is 1. The first-order valence-corrected chi connectivity index (χ1v) is 9.67. The predicted molar refractivity (Wildman–Crippen MR) is 108 cm³/mol. The highest BCUT2D eigenvalue weighted by Gasteiger charge is 2.26. The zero-order valence-electron chi connectivity index (χ0n) is 15.6. The van der Waals surface area contributed by atoms with Gasteiger partial charge in [0.2, 0.25) is 11.8 Å². The topological polar surface area (TPSA) is 52.7 Å². The monoisotopic (exact) mass is 363 g/mol. The van der Waals surface area contributed by atoms with Crippen LogP contribution < -0.4 is 15.1 Å². The Morgan fingerprint density at radius 2 is 1.81 bits per heavy atom. The average Bonchev–Trinajstić information content (AvgIpc) is 3.10. The van der Waals surface area contributed by atoms with Gasteiger partial charge in [-0.05, 0) is 49.9 Å². The summed E-state index contributed by atoms with van der Waals surface area (Å²) in [6.07, 6.45) is 3.53. The number of nitrogens with zero attached hydrogens (tertiary/aromatic N) is 2. The molecule has 2 aromatic carbocycles. The number of fused-ring (bicyclic) bond motifs is 1. The second-order valence-electron chi connectivity index (χ2n) is 7.36. The van der Waals surface area contributed by atoms with Crippen LogP contribution in [-0.4, -0.2) is 30.9 Å². The van der Waals surface area contributed by atoms with Gasteiger partial charge in [0.05, 0.1) is 17.9 Å². The number of benzene rings is 2.